The van der Waals surface area contributed by atoms with Crippen LogP contribution in [0.5, 0.6) is 0 Å². The molecule has 1 aromatic heterocycles. The Bertz CT molecular complexity index is 1220. The average molecular weight is 501 g/mol. The highest BCUT2D eigenvalue weighted by atomic mass is 79.9. The van der Waals surface area contributed by atoms with Gasteiger partial charge in [-0.05, 0) is 53.2 Å². The molecule has 0 aliphatic carbocycles. The number of hydrogen-bond donors (Lipinski definition) is 0. The topological polar surface area (TPSA) is 76.6 Å². The van der Waals surface area contributed by atoms with Gasteiger partial charge in [-0.1, -0.05) is 41.7 Å². The second kappa shape index (κ2) is 8.17. The van der Waals surface area contributed by atoms with E-state index in [1.54, 1.807) is 24.3 Å². The van der Waals surface area contributed by atoms with Gasteiger partial charge >= 0.3 is 0 Å². The molecule has 1 fully saturated rings. The van der Waals surface area contributed by atoms with Crippen LogP contribution in [0.2, 0.25) is 0 Å². The van der Waals surface area contributed by atoms with E-state index in [4.69, 9.17) is 16.6 Å². The van der Waals surface area contributed by atoms with E-state index >= 15 is 0 Å². The molecule has 30 heavy (non-hydrogen) atoms. The maximum atomic E-state index is 12.9. The molecule has 3 aromatic rings. The van der Waals surface area contributed by atoms with E-state index in [1.807, 2.05) is 31.2 Å². The fraction of sp³-hybridized carbons (Fsp3) is 0.0476. The predicted octanol–water partition coefficient (Wildman–Crippen LogP) is 6.33. The standard InChI is InChI=1S/C21H13BrN2O4S2/c1-12-2-4-13(5-3-12)23-20(25)19(30-21(23)29)11-15-7-9-18(28-15)16-8-6-14(24(26)27)10-17(16)22/h2-11H,1H3/b19-11+. The van der Waals surface area contributed by atoms with E-state index in [1.165, 1.54) is 28.8 Å². The summed E-state index contributed by atoms with van der Waals surface area (Å²) in [4.78, 5) is 25.3. The van der Waals surface area contributed by atoms with E-state index in [2.05, 4.69) is 15.9 Å². The number of rotatable bonds is 4. The van der Waals surface area contributed by atoms with Crippen molar-refractivity contribution in [3.63, 3.8) is 0 Å². The number of nitrogens with zero attached hydrogens (tertiary/aromatic N) is 2. The molecule has 1 amide bonds. The predicted molar refractivity (Wildman–Crippen MR) is 125 cm³/mol. The van der Waals surface area contributed by atoms with Crippen LogP contribution in [0.3, 0.4) is 0 Å². The molecule has 0 saturated carbocycles. The molecule has 0 unspecified atom stereocenters. The lowest BCUT2D eigenvalue weighted by atomic mass is 10.1. The quantitative estimate of drug-likeness (QED) is 0.180. The average Bonchev–Trinajstić information content (AvgIpc) is 3.27. The normalized spacial score (nSPS) is 15.3. The van der Waals surface area contributed by atoms with Crippen LogP contribution in [0.1, 0.15) is 11.3 Å². The van der Waals surface area contributed by atoms with Crippen molar-refractivity contribution in [2.75, 3.05) is 4.90 Å². The molecule has 9 heteroatoms. The number of aryl methyl sites for hydroxylation is 1. The summed E-state index contributed by atoms with van der Waals surface area (Å²) in [5.41, 5.74) is 2.48. The highest BCUT2D eigenvalue weighted by Crippen LogP contribution is 2.37. The van der Waals surface area contributed by atoms with Crippen molar-refractivity contribution in [1.82, 2.24) is 0 Å². The zero-order chi connectivity index (χ0) is 21.4. The van der Waals surface area contributed by atoms with Crippen molar-refractivity contribution in [3.8, 4) is 11.3 Å². The monoisotopic (exact) mass is 500 g/mol. The number of nitro groups is 1. The SMILES string of the molecule is Cc1ccc(N2C(=O)/C(=C\c3ccc(-c4ccc([N+](=O)[O-])cc4Br)o3)SC2=S)cc1. The van der Waals surface area contributed by atoms with Gasteiger partial charge in [0, 0.05) is 28.2 Å². The molecule has 0 spiro atoms. The number of anilines is 1. The first-order chi connectivity index (χ1) is 14.3. The van der Waals surface area contributed by atoms with Gasteiger partial charge < -0.3 is 4.42 Å². The highest BCUT2D eigenvalue weighted by Gasteiger charge is 2.33. The summed E-state index contributed by atoms with van der Waals surface area (Å²) in [5.74, 6) is 0.806. The third-order valence-electron chi connectivity index (χ3n) is 4.41. The maximum Gasteiger partial charge on any atom is 0.270 e. The fourth-order valence-electron chi connectivity index (χ4n) is 2.91. The van der Waals surface area contributed by atoms with Crippen LogP contribution in [0.25, 0.3) is 17.4 Å². The number of nitro benzene ring substituents is 1. The summed E-state index contributed by atoms with van der Waals surface area (Å²) in [7, 11) is 0. The molecule has 1 aliphatic rings. The van der Waals surface area contributed by atoms with Gasteiger partial charge in [0.15, 0.2) is 4.32 Å². The minimum Gasteiger partial charge on any atom is -0.457 e. The van der Waals surface area contributed by atoms with Gasteiger partial charge in [0.25, 0.3) is 11.6 Å². The Morgan fingerprint density at radius 3 is 2.57 bits per heavy atom. The van der Waals surface area contributed by atoms with E-state index in [0.717, 1.165) is 11.3 Å². The zero-order valence-corrected chi connectivity index (χ0v) is 18.7. The number of thioether (sulfide) groups is 1. The Balaban J connectivity index is 1.60. The number of furan rings is 1. The van der Waals surface area contributed by atoms with Crippen molar-refractivity contribution in [2.24, 2.45) is 0 Å². The van der Waals surface area contributed by atoms with Crippen LogP contribution in [0.15, 0.2) is 68.4 Å². The minimum absolute atomic E-state index is 0.0165. The number of hydrogen-bond acceptors (Lipinski definition) is 6. The second-order valence-electron chi connectivity index (χ2n) is 6.48. The van der Waals surface area contributed by atoms with Gasteiger partial charge in [0.05, 0.1) is 15.5 Å². The van der Waals surface area contributed by atoms with Gasteiger partial charge in [0.2, 0.25) is 0 Å². The minimum atomic E-state index is -0.460. The number of thiocarbonyl (C=S) groups is 1. The van der Waals surface area contributed by atoms with Crippen LogP contribution < -0.4 is 4.90 Å². The lowest BCUT2D eigenvalue weighted by Gasteiger charge is -2.14. The van der Waals surface area contributed by atoms with Crippen molar-refractivity contribution in [3.05, 3.63) is 85.4 Å². The van der Waals surface area contributed by atoms with Crippen LogP contribution in [0, 0.1) is 17.0 Å². The second-order valence-corrected chi connectivity index (χ2v) is 9.01. The van der Waals surface area contributed by atoms with Gasteiger partial charge in [-0.25, -0.2) is 0 Å². The smallest absolute Gasteiger partial charge is 0.270 e. The Morgan fingerprint density at radius 2 is 1.90 bits per heavy atom. The van der Waals surface area contributed by atoms with Crippen molar-refractivity contribution >= 4 is 67.6 Å². The van der Waals surface area contributed by atoms with Gasteiger partial charge in [-0.3, -0.25) is 19.8 Å². The summed E-state index contributed by atoms with van der Waals surface area (Å²) in [6.07, 6.45) is 1.65. The summed E-state index contributed by atoms with van der Waals surface area (Å²) in [5, 5.41) is 10.9. The van der Waals surface area contributed by atoms with Crippen LogP contribution >= 0.6 is 39.9 Å². The molecule has 150 valence electrons. The van der Waals surface area contributed by atoms with Gasteiger partial charge in [-0.2, -0.15) is 0 Å². The number of carbonyl (C=O) groups excluding carboxylic acids is 1. The third kappa shape index (κ3) is 3.96. The molecule has 2 aromatic carbocycles. The van der Waals surface area contributed by atoms with E-state index < -0.39 is 4.92 Å². The van der Waals surface area contributed by atoms with Crippen molar-refractivity contribution in [1.29, 1.82) is 0 Å². The molecule has 0 N–H and O–H groups in total. The molecular formula is C21H13BrN2O4S2. The molecule has 2 heterocycles. The number of non-ortho nitro benzene ring substituents is 1. The lowest BCUT2D eigenvalue weighted by Crippen LogP contribution is -2.27. The largest absolute Gasteiger partial charge is 0.457 e. The van der Waals surface area contributed by atoms with Crippen molar-refractivity contribution in [2.45, 2.75) is 6.92 Å². The summed E-state index contributed by atoms with van der Waals surface area (Å²) >= 11 is 9.95. The molecule has 1 saturated heterocycles. The molecule has 0 radical (unpaired) electrons. The van der Waals surface area contributed by atoms with E-state index in [0.29, 0.717) is 30.8 Å². The Kier molecular flexibility index (Phi) is 5.59. The molecular weight excluding hydrogens is 488 g/mol. The van der Waals surface area contributed by atoms with Gasteiger partial charge in [0.1, 0.15) is 11.5 Å². The molecule has 4 rings (SSSR count). The summed E-state index contributed by atoms with van der Waals surface area (Å²) in [6.45, 7) is 1.98. The van der Waals surface area contributed by atoms with Crippen LogP contribution in [-0.2, 0) is 4.79 Å². The van der Waals surface area contributed by atoms with Crippen molar-refractivity contribution < 1.29 is 14.1 Å². The Labute approximate surface area is 189 Å². The number of carbonyl (C=O) groups is 1. The summed E-state index contributed by atoms with van der Waals surface area (Å²) in [6, 6.07) is 15.5. The fourth-order valence-corrected chi connectivity index (χ4v) is 4.75. The zero-order valence-electron chi connectivity index (χ0n) is 15.5. The summed E-state index contributed by atoms with van der Waals surface area (Å²) < 4.78 is 6.85. The first-order valence-corrected chi connectivity index (χ1v) is 10.7. The number of amides is 1. The number of benzene rings is 2. The van der Waals surface area contributed by atoms with Crippen LogP contribution in [-0.4, -0.2) is 15.2 Å². The first kappa shape index (κ1) is 20.5. The third-order valence-corrected chi connectivity index (χ3v) is 6.37. The molecule has 0 bridgehead atoms. The molecule has 6 nitrogen and oxygen atoms in total. The van der Waals surface area contributed by atoms with Gasteiger partial charge in [-0.15, -0.1) is 0 Å². The highest BCUT2D eigenvalue weighted by molar-refractivity contribution is 9.10. The first-order valence-electron chi connectivity index (χ1n) is 8.72. The van der Waals surface area contributed by atoms with Crippen LogP contribution in [0.4, 0.5) is 11.4 Å². The van der Waals surface area contributed by atoms with E-state index in [-0.39, 0.29) is 11.6 Å². The Hall–Kier alpha value is -2.75. The maximum absolute atomic E-state index is 12.9. The van der Waals surface area contributed by atoms with E-state index in [9.17, 15) is 14.9 Å². The Morgan fingerprint density at radius 1 is 1.17 bits per heavy atom. The molecule has 1 aliphatic heterocycles. The number of halogens is 1. The lowest BCUT2D eigenvalue weighted by molar-refractivity contribution is -0.384. The molecule has 0 atom stereocenters.